The standard InChI is InChI=1S/C19H20BrFN2O2/c1-12(2)23(3)19(25)14-6-4-13(5-7-14)11-22-18(24)16-9-8-15(21)10-17(16)20/h4-10,12H,11H2,1-3H3,(H,22,24). The molecule has 1 N–H and O–H groups in total. The van der Waals surface area contributed by atoms with Gasteiger partial charge in [-0.3, -0.25) is 9.59 Å². The molecule has 2 rings (SSSR count). The van der Waals surface area contributed by atoms with Crippen LogP contribution in [0.25, 0.3) is 0 Å². The smallest absolute Gasteiger partial charge is 0.253 e. The second kappa shape index (κ2) is 8.25. The van der Waals surface area contributed by atoms with Crippen LogP contribution in [0.2, 0.25) is 0 Å². The van der Waals surface area contributed by atoms with Gasteiger partial charge in [0.05, 0.1) is 5.56 Å². The predicted molar refractivity (Wildman–Crippen MR) is 98.9 cm³/mol. The molecule has 0 saturated carbocycles. The first-order valence-corrected chi connectivity index (χ1v) is 8.68. The Balaban J connectivity index is 2.00. The molecule has 0 atom stereocenters. The molecule has 0 aromatic heterocycles. The van der Waals surface area contributed by atoms with Crippen molar-refractivity contribution in [2.24, 2.45) is 0 Å². The molecule has 2 amide bonds. The lowest BCUT2D eigenvalue weighted by molar-refractivity contribution is 0.0754. The molecule has 25 heavy (non-hydrogen) atoms. The van der Waals surface area contributed by atoms with Crippen molar-refractivity contribution >= 4 is 27.7 Å². The first-order valence-electron chi connectivity index (χ1n) is 7.89. The summed E-state index contributed by atoms with van der Waals surface area (Å²) >= 11 is 3.18. The fraction of sp³-hybridized carbons (Fsp3) is 0.263. The number of amides is 2. The molecule has 0 radical (unpaired) electrons. The number of hydrogen-bond acceptors (Lipinski definition) is 2. The lowest BCUT2D eigenvalue weighted by atomic mass is 10.1. The molecule has 0 aliphatic carbocycles. The average Bonchev–Trinajstić information content (AvgIpc) is 2.58. The van der Waals surface area contributed by atoms with Gasteiger partial charge in [0.1, 0.15) is 5.82 Å². The monoisotopic (exact) mass is 406 g/mol. The van der Waals surface area contributed by atoms with Crippen LogP contribution < -0.4 is 5.32 Å². The van der Waals surface area contributed by atoms with E-state index < -0.39 is 5.82 Å². The Hall–Kier alpha value is -2.21. The molecule has 0 fully saturated rings. The van der Waals surface area contributed by atoms with Crippen LogP contribution in [0.1, 0.15) is 40.1 Å². The van der Waals surface area contributed by atoms with Crippen LogP contribution >= 0.6 is 15.9 Å². The van der Waals surface area contributed by atoms with E-state index in [1.165, 1.54) is 18.2 Å². The highest BCUT2D eigenvalue weighted by atomic mass is 79.9. The summed E-state index contributed by atoms with van der Waals surface area (Å²) in [6, 6.07) is 11.2. The van der Waals surface area contributed by atoms with Crippen LogP contribution in [0.5, 0.6) is 0 Å². The van der Waals surface area contributed by atoms with Crippen molar-refractivity contribution in [3.8, 4) is 0 Å². The van der Waals surface area contributed by atoms with Crippen molar-refractivity contribution in [3.63, 3.8) is 0 Å². The Morgan fingerprint density at radius 1 is 1.16 bits per heavy atom. The topological polar surface area (TPSA) is 49.4 Å². The number of hydrogen-bond donors (Lipinski definition) is 1. The van der Waals surface area contributed by atoms with E-state index in [1.54, 1.807) is 36.2 Å². The fourth-order valence-electron chi connectivity index (χ4n) is 2.15. The number of nitrogens with zero attached hydrogens (tertiary/aromatic N) is 1. The molecule has 0 bridgehead atoms. The zero-order chi connectivity index (χ0) is 18.6. The lowest BCUT2D eigenvalue weighted by Crippen LogP contribution is -2.32. The number of rotatable bonds is 5. The predicted octanol–water partition coefficient (Wildman–Crippen LogP) is 4.00. The average molecular weight is 407 g/mol. The number of carbonyl (C=O) groups is 2. The summed E-state index contributed by atoms with van der Waals surface area (Å²) < 4.78 is 13.5. The highest BCUT2D eigenvalue weighted by molar-refractivity contribution is 9.10. The Bertz CT molecular complexity index is 775. The molecule has 132 valence electrons. The second-order valence-electron chi connectivity index (χ2n) is 6.01. The minimum absolute atomic E-state index is 0.0409. The molecule has 0 unspecified atom stereocenters. The van der Waals surface area contributed by atoms with E-state index in [4.69, 9.17) is 0 Å². The second-order valence-corrected chi connectivity index (χ2v) is 6.87. The minimum atomic E-state index is -0.407. The maximum Gasteiger partial charge on any atom is 0.253 e. The fourth-order valence-corrected chi connectivity index (χ4v) is 2.69. The third-order valence-corrected chi connectivity index (χ3v) is 4.58. The van der Waals surface area contributed by atoms with Gasteiger partial charge in [0.15, 0.2) is 0 Å². The summed E-state index contributed by atoms with van der Waals surface area (Å²) in [6.45, 7) is 4.22. The first kappa shape index (κ1) is 19.1. The van der Waals surface area contributed by atoms with Crippen molar-refractivity contribution in [1.29, 1.82) is 0 Å². The van der Waals surface area contributed by atoms with Gasteiger partial charge < -0.3 is 10.2 Å². The zero-order valence-electron chi connectivity index (χ0n) is 14.3. The molecule has 0 heterocycles. The van der Waals surface area contributed by atoms with Crippen molar-refractivity contribution in [3.05, 3.63) is 69.4 Å². The lowest BCUT2D eigenvalue weighted by Gasteiger charge is -2.21. The maximum atomic E-state index is 13.1. The van der Waals surface area contributed by atoms with E-state index in [9.17, 15) is 14.0 Å². The van der Waals surface area contributed by atoms with Gasteiger partial charge in [-0.2, -0.15) is 0 Å². The summed E-state index contributed by atoms with van der Waals surface area (Å²) in [5, 5.41) is 2.78. The SMILES string of the molecule is CC(C)N(C)C(=O)c1ccc(CNC(=O)c2ccc(F)cc2Br)cc1. The van der Waals surface area contributed by atoms with Crippen LogP contribution in [0, 0.1) is 5.82 Å². The molecule has 2 aromatic carbocycles. The largest absolute Gasteiger partial charge is 0.348 e. The summed E-state index contributed by atoms with van der Waals surface area (Å²) in [6.07, 6.45) is 0. The summed E-state index contributed by atoms with van der Waals surface area (Å²) in [7, 11) is 1.77. The van der Waals surface area contributed by atoms with Gasteiger partial charge in [-0.1, -0.05) is 12.1 Å². The van der Waals surface area contributed by atoms with Gasteiger partial charge >= 0.3 is 0 Å². The van der Waals surface area contributed by atoms with Crippen molar-refractivity contribution < 1.29 is 14.0 Å². The molecular formula is C19H20BrFN2O2. The normalized spacial score (nSPS) is 10.6. The van der Waals surface area contributed by atoms with Gasteiger partial charge in [-0.15, -0.1) is 0 Å². The first-order chi connectivity index (χ1) is 11.8. The van der Waals surface area contributed by atoms with Crippen molar-refractivity contribution in [2.75, 3.05) is 7.05 Å². The van der Waals surface area contributed by atoms with Crippen molar-refractivity contribution in [2.45, 2.75) is 26.4 Å². The number of nitrogens with one attached hydrogen (secondary N) is 1. The maximum absolute atomic E-state index is 13.1. The molecule has 0 aliphatic rings. The van der Waals surface area contributed by atoms with E-state index in [2.05, 4.69) is 21.2 Å². The molecule has 6 heteroatoms. The summed E-state index contributed by atoms with van der Waals surface area (Å²) in [5.74, 6) is -0.748. The van der Waals surface area contributed by atoms with Gasteiger partial charge in [0, 0.05) is 29.7 Å². The highest BCUT2D eigenvalue weighted by Gasteiger charge is 2.14. The minimum Gasteiger partial charge on any atom is -0.348 e. The molecule has 0 spiro atoms. The Morgan fingerprint density at radius 3 is 2.36 bits per heavy atom. The van der Waals surface area contributed by atoms with E-state index in [0.29, 0.717) is 22.1 Å². The third-order valence-electron chi connectivity index (χ3n) is 3.92. The van der Waals surface area contributed by atoms with E-state index in [-0.39, 0.29) is 17.9 Å². The van der Waals surface area contributed by atoms with Crippen LogP contribution in [-0.4, -0.2) is 29.8 Å². The summed E-state index contributed by atoms with van der Waals surface area (Å²) in [4.78, 5) is 26.1. The van der Waals surface area contributed by atoms with Gasteiger partial charge in [0.25, 0.3) is 11.8 Å². The van der Waals surface area contributed by atoms with Crippen LogP contribution in [0.15, 0.2) is 46.9 Å². The number of halogens is 2. The highest BCUT2D eigenvalue weighted by Crippen LogP contribution is 2.18. The van der Waals surface area contributed by atoms with Crippen LogP contribution in [0.4, 0.5) is 4.39 Å². The molecule has 0 saturated heterocycles. The van der Waals surface area contributed by atoms with Crippen molar-refractivity contribution in [1.82, 2.24) is 10.2 Å². The van der Waals surface area contributed by atoms with Gasteiger partial charge in [0.2, 0.25) is 0 Å². The Kier molecular flexibility index (Phi) is 6.31. The molecule has 0 aliphatic heterocycles. The zero-order valence-corrected chi connectivity index (χ0v) is 15.9. The molecular weight excluding hydrogens is 387 g/mol. The Labute approximate surface area is 155 Å². The number of carbonyl (C=O) groups excluding carboxylic acids is 2. The molecule has 4 nitrogen and oxygen atoms in total. The number of benzene rings is 2. The quantitative estimate of drug-likeness (QED) is 0.815. The summed E-state index contributed by atoms with van der Waals surface area (Å²) in [5.41, 5.74) is 1.84. The van der Waals surface area contributed by atoms with E-state index in [0.717, 1.165) is 5.56 Å². The van der Waals surface area contributed by atoms with E-state index in [1.807, 2.05) is 13.8 Å². The van der Waals surface area contributed by atoms with E-state index >= 15 is 0 Å². The Morgan fingerprint density at radius 2 is 1.80 bits per heavy atom. The third kappa shape index (κ3) is 4.89. The van der Waals surface area contributed by atoms with Crippen LogP contribution in [0.3, 0.4) is 0 Å². The molecule has 2 aromatic rings. The van der Waals surface area contributed by atoms with Gasteiger partial charge in [-0.05, 0) is 65.7 Å². The van der Waals surface area contributed by atoms with Crippen LogP contribution in [-0.2, 0) is 6.54 Å². The van der Waals surface area contributed by atoms with Gasteiger partial charge in [-0.25, -0.2) is 4.39 Å².